The van der Waals surface area contributed by atoms with Crippen LogP contribution in [0.1, 0.15) is 16.1 Å². The zero-order valence-electron chi connectivity index (χ0n) is 11.4. The average Bonchev–Trinajstić information content (AvgIpc) is 3.01. The van der Waals surface area contributed by atoms with Crippen LogP contribution in [0, 0.1) is 0 Å². The van der Waals surface area contributed by atoms with Gasteiger partial charge in [-0.15, -0.1) is 0 Å². The number of alkyl halides is 3. The lowest BCUT2D eigenvalue weighted by atomic mass is 10.1. The Labute approximate surface area is 123 Å². The summed E-state index contributed by atoms with van der Waals surface area (Å²) in [5, 5.41) is 2.30. The zero-order valence-corrected chi connectivity index (χ0v) is 11.4. The molecular weight excluding hydrogens is 297 g/mol. The van der Waals surface area contributed by atoms with Crippen molar-refractivity contribution in [3.05, 3.63) is 53.9 Å². The van der Waals surface area contributed by atoms with Gasteiger partial charge >= 0.3 is 6.18 Å². The third kappa shape index (κ3) is 2.34. The van der Waals surface area contributed by atoms with E-state index in [0.29, 0.717) is 11.1 Å². The van der Waals surface area contributed by atoms with Crippen LogP contribution in [0.15, 0.2) is 47.1 Å². The van der Waals surface area contributed by atoms with Crippen LogP contribution in [0.2, 0.25) is 0 Å². The van der Waals surface area contributed by atoms with Crippen molar-refractivity contribution in [2.24, 2.45) is 7.05 Å². The third-order valence-electron chi connectivity index (χ3n) is 3.38. The van der Waals surface area contributed by atoms with Gasteiger partial charge in [0.25, 0.3) is 5.91 Å². The standard InChI is InChI=1S/C15H11F3N2O2/c1-20-11-6-7-22-13(11)8-12(20)14(21)19-10-5-3-2-4-9(10)15(16,17)18/h2-8H,1H3,(H,19,21). The Bertz CT molecular complexity index is 846. The van der Waals surface area contributed by atoms with Gasteiger partial charge in [0.15, 0.2) is 5.58 Å². The molecular formula is C15H11F3N2O2. The first-order chi connectivity index (χ1) is 10.4. The van der Waals surface area contributed by atoms with Crippen molar-refractivity contribution in [2.75, 3.05) is 5.32 Å². The summed E-state index contributed by atoms with van der Waals surface area (Å²) in [5.74, 6) is -0.634. The van der Waals surface area contributed by atoms with Crippen LogP contribution in [0.3, 0.4) is 0 Å². The number of benzene rings is 1. The Morgan fingerprint density at radius 2 is 1.95 bits per heavy atom. The molecule has 0 saturated carbocycles. The van der Waals surface area contributed by atoms with Gasteiger partial charge in [0.1, 0.15) is 5.69 Å². The Morgan fingerprint density at radius 3 is 2.64 bits per heavy atom. The van der Waals surface area contributed by atoms with E-state index in [9.17, 15) is 18.0 Å². The van der Waals surface area contributed by atoms with Crippen molar-refractivity contribution >= 4 is 22.7 Å². The molecule has 1 N–H and O–H groups in total. The average molecular weight is 308 g/mol. The van der Waals surface area contributed by atoms with Crippen molar-refractivity contribution in [2.45, 2.75) is 6.18 Å². The number of halogens is 3. The Hall–Kier alpha value is -2.70. The first kappa shape index (κ1) is 14.2. The van der Waals surface area contributed by atoms with E-state index in [0.717, 1.165) is 6.07 Å². The molecule has 22 heavy (non-hydrogen) atoms. The zero-order chi connectivity index (χ0) is 15.9. The number of amides is 1. The number of aryl methyl sites for hydroxylation is 1. The van der Waals surface area contributed by atoms with E-state index in [2.05, 4.69) is 5.32 Å². The summed E-state index contributed by atoms with van der Waals surface area (Å²) < 4.78 is 45.5. The van der Waals surface area contributed by atoms with Gasteiger partial charge in [-0.2, -0.15) is 13.2 Å². The maximum absolute atomic E-state index is 12.9. The van der Waals surface area contributed by atoms with Crippen molar-refractivity contribution < 1.29 is 22.4 Å². The van der Waals surface area contributed by atoms with E-state index in [-0.39, 0.29) is 11.4 Å². The molecule has 0 radical (unpaired) electrons. The first-order valence-electron chi connectivity index (χ1n) is 6.38. The van der Waals surface area contributed by atoms with Crippen LogP contribution < -0.4 is 5.32 Å². The summed E-state index contributed by atoms with van der Waals surface area (Å²) in [4.78, 5) is 12.2. The number of hydrogen-bond donors (Lipinski definition) is 1. The Kier molecular flexibility index (Phi) is 3.20. The molecule has 2 heterocycles. The van der Waals surface area contributed by atoms with Crippen molar-refractivity contribution in [3.63, 3.8) is 0 Å². The van der Waals surface area contributed by atoms with Crippen LogP contribution in [-0.2, 0) is 13.2 Å². The summed E-state index contributed by atoms with van der Waals surface area (Å²) in [7, 11) is 1.64. The number of nitrogens with one attached hydrogen (secondary N) is 1. The summed E-state index contributed by atoms with van der Waals surface area (Å²) in [5.41, 5.74) is 0.233. The Balaban J connectivity index is 1.95. The fourth-order valence-electron chi connectivity index (χ4n) is 2.29. The molecule has 2 aromatic heterocycles. The monoisotopic (exact) mass is 308 g/mol. The molecule has 0 aliphatic rings. The molecule has 0 saturated heterocycles. The van der Waals surface area contributed by atoms with Gasteiger partial charge in [-0.05, 0) is 12.1 Å². The number of nitrogens with zero attached hydrogens (tertiary/aromatic N) is 1. The first-order valence-corrected chi connectivity index (χ1v) is 6.38. The number of carbonyl (C=O) groups excluding carboxylic acids is 1. The predicted molar refractivity (Wildman–Crippen MR) is 74.6 cm³/mol. The SMILES string of the molecule is Cn1c(C(=O)Nc2ccccc2C(F)(F)F)cc2occc21. The van der Waals surface area contributed by atoms with Gasteiger partial charge in [-0.25, -0.2) is 0 Å². The van der Waals surface area contributed by atoms with Gasteiger partial charge in [0, 0.05) is 19.2 Å². The second kappa shape index (κ2) is 4.94. The van der Waals surface area contributed by atoms with E-state index < -0.39 is 17.6 Å². The van der Waals surface area contributed by atoms with Crippen LogP contribution in [0.25, 0.3) is 11.1 Å². The lowest BCUT2D eigenvalue weighted by molar-refractivity contribution is -0.136. The number of para-hydroxylation sites is 1. The largest absolute Gasteiger partial charge is 0.463 e. The van der Waals surface area contributed by atoms with Gasteiger partial charge in [0.05, 0.1) is 23.0 Å². The quantitative estimate of drug-likeness (QED) is 0.776. The van der Waals surface area contributed by atoms with Crippen LogP contribution in [-0.4, -0.2) is 10.5 Å². The van der Waals surface area contributed by atoms with Crippen LogP contribution >= 0.6 is 0 Å². The lowest BCUT2D eigenvalue weighted by Crippen LogP contribution is -2.18. The molecule has 114 valence electrons. The molecule has 0 aliphatic heterocycles. The minimum absolute atomic E-state index is 0.214. The summed E-state index contributed by atoms with van der Waals surface area (Å²) in [6.45, 7) is 0. The van der Waals surface area contributed by atoms with Gasteiger partial charge in [-0.1, -0.05) is 12.1 Å². The Morgan fingerprint density at radius 1 is 1.23 bits per heavy atom. The van der Waals surface area contributed by atoms with Gasteiger partial charge < -0.3 is 14.3 Å². The molecule has 1 aromatic carbocycles. The molecule has 7 heteroatoms. The predicted octanol–water partition coefficient (Wildman–Crippen LogP) is 4.04. The van der Waals surface area contributed by atoms with E-state index in [1.54, 1.807) is 17.7 Å². The number of rotatable bonds is 2. The second-order valence-electron chi connectivity index (χ2n) is 4.76. The summed E-state index contributed by atoms with van der Waals surface area (Å²) in [6, 6.07) is 8.01. The van der Waals surface area contributed by atoms with E-state index in [1.165, 1.54) is 30.5 Å². The second-order valence-corrected chi connectivity index (χ2v) is 4.76. The molecule has 0 spiro atoms. The minimum Gasteiger partial charge on any atom is -0.463 e. The maximum atomic E-state index is 12.9. The fraction of sp³-hybridized carbons (Fsp3) is 0.133. The molecule has 1 amide bonds. The normalized spacial score (nSPS) is 11.8. The molecule has 0 fully saturated rings. The van der Waals surface area contributed by atoms with E-state index in [1.807, 2.05) is 0 Å². The van der Waals surface area contributed by atoms with Crippen molar-refractivity contribution in [1.82, 2.24) is 4.57 Å². The highest BCUT2D eigenvalue weighted by Gasteiger charge is 2.33. The highest BCUT2D eigenvalue weighted by molar-refractivity contribution is 6.06. The molecule has 4 nitrogen and oxygen atoms in total. The number of fused-ring (bicyclic) bond motifs is 1. The highest BCUT2D eigenvalue weighted by atomic mass is 19.4. The lowest BCUT2D eigenvalue weighted by Gasteiger charge is -2.13. The summed E-state index contributed by atoms with van der Waals surface area (Å²) >= 11 is 0. The van der Waals surface area contributed by atoms with E-state index >= 15 is 0 Å². The highest BCUT2D eigenvalue weighted by Crippen LogP contribution is 2.34. The fourth-order valence-corrected chi connectivity index (χ4v) is 2.29. The molecule has 0 atom stereocenters. The molecule has 0 bridgehead atoms. The van der Waals surface area contributed by atoms with Crippen molar-refractivity contribution in [3.8, 4) is 0 Å². The smallest absolute Gasteiger partial charge is 0.418 e. The number of hydrogen-bond acceptors (Lipinski definition) is 2. The topological polar surface area (TPSA) is 47.2 Å². The summed E-state index contributed by atoms with van der Waals surface area (Å²) in [6.07, 6.45) is -3.06. The van der Waals surface area contributed by atoms with Crippen LogP contribution in [0.5, 0.6) is 0 Å². The van der Waals surface area contributed by atoms with Gasteiger partial charge in [-0.3, -0.25) is 4.79 Å². The maximum Gasteiger partial charge on any atom is 0.418 e. The molecule has 0 aliphatic carbocycles. The third-order valence-corrected chi connectivity index (χ3v) is 3.38. The number of carbonyl (C=O) groups is 1. The van der Waals surface area contributed by atoms with Gasteiger partial charge in [0.2, 0.25) is 0 Å². The number of furan rings is 1. The molecule has 3 rings (SSSR count). The van der Waals surface area contributed by atoms with Crippen molar-refractivity contribution in [1.29, 1.82) is 0 Å². The minimum atomic E-state index is -4.54. The van der Waals surface area contributed by atoms with Crippen LogP contribution in [0.4, 0.5) is 18.9 Å². The number of aromatic nitrogens is 1. The molecule has 3 aromatic rings. The van der Waals surface area contributed by atoms with E-state index in [4.69, 9.17) is 4.42 Å². The number of anilines is 1. The molecule has 0 unspecified atom stereocenters.